The van der Waals surface area contributed by atoms with Gasteiger partial charge in [-0.25, -0.2) is 5.48 Å². The second-order valence-corrected chi connectivity index (χ2v) is 8.64. The maximum atomic E-state index is 11.8. The lowest BCUT2D eigenvalue weighted by molar-refractivity contribution is -0.0514. The van der Waals surface area contributed by atoms with Crippen LogP contribution in [0.2, 0.25) is 5.02 Å². The van der Waals surface area contributed by atoms with E-state index in [0.717, 1.165) is 29.9 Å². The number of carbonyl (C=O) groups is 1. The second kappa shape index (κ2) is 6.32. The lowest BCUT2D eigenvalue weighted by Crippen LogP contribution is -2.50. The maximum Gasteiger partial charge on any atom is 0.275 e. The molecule has 4 aliphatic carbocycles. The molecule has 4 saturated carbocycles. The van der Waals surface area contributed by atoms with E-state index in [-0.39, 0.29) is 0 Å². The van der Waals surface area contributed by atoms with Crippen LogP contribution in [-0.2, 0) is 6.54 Å². The van der Waals surface area contributed by atoms with E-state index in [2.05, 4.69) is 5.32 Å². The summed E-state index contributed by atoms with van der Waals surface area (Å²) in [6, 6.07) is 5.21. The van der Waals surface area contributed by atoms with Crippen LogP contribution in [-0.4, -0.2) is 17.7 Å². The van der Waals surface area contributed by atoms with Crippen LogP contribution < -0.4 is 10.8 Å². The highest BCUT2D eigenvalue weighted by atomic mass is 35.5. The van der Waals surface area contributed by atoms with E-state index in [0.29, 0.717) is 22.5 Å². The summed E-state index contributed by atoms with van der Waals surface area (Å²) in [7, 11) is 0. The monoisotopic (exact) mass is 348 g/mol. The number of carbonyl (C=O) groups excluding carboxylic acids is 1. The third-order valence-corrected chi connectivity index (χ3v) is 6.79. The number of benzene rings is 1. The van der Waals surface area contributed by atoms with Crippen molar-refractivity contribution >= 4 is 17.5 Å². The predicted molar refractivity (Wildman–Crippen MR) is 93.0 cm³/mol. The Labute approximate surface area is 147 Å². The number of rotatable bonds is 5. The minimum Gasteiger partial charge on any atom is -0.312 e. The molecule has 0 saturated heterocycles. The first-order valence-corrected chi connectivity index (χ1v) is 9.39. The first-order chi connectivity index (χ1) is 11.6. The number of halogens is 1. The van der Waals surface area contributed by atoms with Gasteiger partial charge in [0.05, 0.1) is 0 Å². The minimum atomic E-state index is -0.510. The lowest BCUT2D eigenvalue weighted by atomic mass is 9.49. The maximum absolute atomic E-state index is 11.8. The molecule has 1 amide bonds. The Kier molecular flexibility index (Phi) is 4.31. The van der Waals surface area contributed by atoms with E-state index in [1.54, 1.807) is 23.7 Å². The van der Waals surface area contributed by atoms with Gasteiger partial charge in [-0.2, -0.15) is 0 Å². The predicted octanol–water partition coefficient (Wildman–Crippen LogP) is 3.77. The number of hydroxylamine groups is 1. The van der Waals surface area contributed by atoms with Crippen molar-refractivity contribution in [2.75, 3.05) is 6.54 Å². The first-order valence-electron chi connectivity index (χ1n) is 9.01. The van der Waals surface area contributed by atoms with Crippen molar-refractivity contribution in [2.24, 2.45) is 23.2 Å². The Hall–Kier alpha value is -1.10. The van der Waals surface area contributed by atoms with Crippen molar-refractivity contribution in [3.8, 4) is 0 Å². The standard InChI is InChI=1S/C19H25ClN2O2/c20-17-3-1-2-15(18(23)22-24)16(17)10-21-11-19-7-12-4-13(8-19)6-14(5-12)9-19/h1-3,12-14,21,24H,4-11H2,(H,22,23). The van der Waals surface area contributed by atoms with Crippen molar-refractivity contribution in [1.29, 1.82) is 0 Å². The van der Waals surface area contributed by atoms with Crippen LogP contribution in [0, 0.1) is 23.2 Å². The van der Waals surface area contributed by atoms with Crippen LogP contribution >= 0.6 is 11.6 Å². The summed E-state index contributed by atoms with van der Waals surface area (Å²) < 4.78 is 0. The third kappa shape index (κ3) is 2.96. The SMILES string of the molecule is O=C(NO)c1cccc(Cl)c1CNCC12CC3CC(CC(C3)C1)C2. The van der Waals surface area contributed by atoms with Crippen molar-refractivity contribution in [3.05, 3.63) is 34.3 Å². The molecule has 24 heavy (non-hydrogen) atoms. The molecule has 5 heteroatoms. The summed E-state index contributed by atoms with van der Waals surface area (Å²) in [5.74, 6) is 2.31. The topological polar surface area (TPSA) is 61.4 Å². The quantitative estimate of drug-likeness (QED) is 0.560. The number of nitrogens with one attached hydrogen (secondary N) is 2. The smallest absolute Gasteiger partial charge is 0.275 e. The van der Waals surface area contributed by atoms with Crippen LogP contribution in [0.4, 0.5) is 0 Å². The Morgan fingerprint density at radius 1 is 1.17 bits per heavy atom. The van der Waals surface area contributed by atoms with Crippen LogP contribution in [0.1, 0.15) is 54.4 Å². The van der Waals surface area contributed by atoms with E-state index in [9.17, 15) is 4.79 Å². The molecule has 0 atom stereocenters. The fraction of sp³-hybridized carbons (Fsp3) is 0.632. The molecule has 4 bridgehead atoms. The van der Waals surface area contributed by atoms with Crippen molar-refractivity contribution in [2.45, 2.75) is 45.1 Å². The van der Waals surface area contributed by atoms with Gasteiger partial charge in [-0.1, -0.05) is 17.7 Å². The second-order valence-electron chi connectivity index (χ2n) is 8.23. The molecule has 5 rings (SSSR count). The average molecular weight is 349 g/mol. The van der Waals surface area contributed by atoms with Gasteiger partial charge in [-0.05, 0) is 79.4 Å². The Bertz CT molecular complexity index is 611. The van der Waals surface area contributed by atoms with Crippen molar-refractivity contribution in [1.82, 2.24) is 10.8 Å². The molecule has 0 radical (unpaired) electrons. The molecule has 3 N–H and O–H groups in total. The molecule has 1 aromatic carbocycles. The molecule has 0 aromatic heterocycles. The Morgan fingerprint density at radius 2 is 1.79 bits per heavy atom. The minimum absolute atomic E-state index is 0.433. The molecule has 4 fully saturated rings. The van der Waals surface area contributed by atoms with E-state index >= 15 is 0 Å². The fourth-order valence-electron chi connectivity index (χ4n) is 5.97. The first kappa shape index (κ1) is 16.4. The Balaban J connectivity index is 1.44. The Morgan fingerprint density at radius 3 is 2.38 bits per heavy atom. The highest BCUT2D eigenvalue weighted by Gasteiger charge is 2.50. The van der Waals surface area contributed by atoms with Gasteiger partial charge in [0.15, 0.2) is 0 Å². The van der Waals surface area contributed by atoms with Crippen molar-refractivity contribution in [3.63, 3.8) is 0 Å². The highest BCUT2D eigenvalue weighted by Crippen LogP contribution is 2.59. The van der Waals surface area contributed by atoms with Gasteiger partial charge in [0.25, 0.3) is 5.91 Å². The molecule has 4 aliphatic rings. The van der Waals surface area contributed by atoms with Gasteiger partial charge in [-0.3, -0.25) is 10.0 Å². The highest BCUT2D eigenvalue weighted by molar-refractivity contribution is 6.31. The van der Waals surface area contributed by atoms with Gasteiger partial charge in [0, 0.05) is 23.7 Å². The van der Waals surface area contributed by atoms with Gasteiger partial charge in [0.2, 0.25) is 0 Å². The van der Waals surface area contributed by atoms with E-state index in [1.165, 1.54) is 38.5 Å². The normalized spacial score (nSPS) is 33.7. The van der Waals surface area contributed by atoms with Gasteiger partial charge in [0.1, 0.15) is 0 Å². The van der Waals surface area contributed by atoms with E-state index < -0.39 is 5.91 Å². The number of hydrogen-bond acceptors (Lipinski definition) is 3. The zero-order chi connectivity index (χ0) is 16.7. The zero-order valence-electron chi connectivity index (χ0n) is 13.9. The molecular formula is C19H25ClN2O2. The molecule has 1 aromatic rings. The van der Waals surface area contributed by atoms with E-state index in [1.807, 2.05) is 0 Å². The summed E-state index contributed by atoms with van der Waals surface area (Å²) in [6.45, 7) is 1.56. The molecule has 0 spiro atoms. The van der Waals surface area contributed by atoms with Gasteiger partial charge in [-0.15, -0.1) is 0 Å². The van der Waals surface area contributed by atoms with Crippen LogP contribution in [0.15, 0.2) is 18.2 Å². The third-order valence-electron chi connectivity index (χ3n) is 6.43. The molecule has 0 aliphatic heterocycles. The van der Waals surface area contributed by atoms with Gasteiger partial charge >= 0.3 is 0 Å². The number of hydrogen-bond donors (Lipinski definition) is 3. The van der Waals surface area contributed by atoms with E-state index in [4.69, 9.17) is 16.8 Å². The largest absolute Gasteiger partial charge is 0.312 e. The molecule has 0 heterocycles. The summed E-state index contributed by atoms with van der Waals surface area (Å²) in [5, 5.41) is 13.1. The van der Waals surface area contributed by atoms with Crippen LogP contribution in [0.3, 0.4) is 0 Å². The van der Waals surface area contributed by atoms with Crippen LogP contribution in [0.5, 0.6) is 0 Å². The summed E-state index contributed by atoms with van der Waals surface area (Å²) in [4.78, 5) is 11.8. The summed E-state index contributed by atoms with van der Waals surface area (Å²) in [6.07, 6.45) is 8.43. The average Bonchev–Trinajstić information content (AvgIpc) is 2.54. The van der Waals surface area contributed by atoms with Gasteiger partial charge < -0.3 is 5.32 Å². The number of amides is 1. The molecule has 4 nitrogen and oxygen atoms in total. The molecule has 130 valence electrons. The van der Waals surface area contributed by atoms with Crippen LogP contribution in [0.25, 0.3) is 0 Å². The molecular weight excluding hydrogens is 324 g/mol. The lowest BCUT2D eigenvalue weighted by Gasteiger charge is -2.57. The summed E-state index contributed by atoms with van der Waals surface area (Å²) >= 11 is 6.28. The summed E-state index contributed by atoms with van der Waals surface area (Å²) in [5.41, 5.74) is 3.36. The zero-order valence-corrected chi connectivity index (χ0v) is 14.6. The molecule has 0 unspecified atom stereocenters. The fourth-order valence-corrected chi connectivity index (χ4v) is 6.21. The van der Waals surface area contributed by atoms with Crippen molar-refractivity contribution < 1.29 is 10.0 Å².